The summed E-state index contributed by atoms with van der Waals surface area (Å²) >= 11 is 0. The van der Waals surface area contributed by atoms with Crippen molar-refractivity contribution in [1.82, 2.24) is 0 Å². The molecule has 25 heavy (non-hydrogen) atoms. The van der Waals surface area contributed by atoms with Crippen LogP contribution in [0.5, 0.6) is 0 Å². The zero-order valence-electron chi connectivity index (χ0n) is 15.3. The zero-order valence-corrected chi connectivity index (χ0v) is 15.3. The number of allylic oxidation sites excluding steroid dienone is 1. The quantitative estimate of drug-likeness (QED) is 0.828. The number of fused-ring (bicyclic) bond motifs is 1. The molecule has 0 spiro atoms. The molecule has 1 amide bonds. The Bertz CT molecular complexity index is 794. The van der Waals surface area contributed by atoms with Gasteiger partial charge in [0.25, 0.3) is 5.91 Å². The van der Waals surface area contributed by atoms with Crippen molar-refractivity contribution in [2.24, 2.45) is 0 Å². The minimum absolute atomic E-state index is 0.0281. The molecule has 0 saturated heterocycles. The molecule has 2 atom stereocenters. The van der Waals surface area contributed by atoms with Crippen LogP contribution < -0.4 is 10.2 Å². The van der Waals surface area contributed by atoms with Crippen LogP contribution in [0.3, 0.4) is 0 Å². The fourth-order valence-electron chi connectivity index (χ4n) is 3.55. The van der Waals surface area contributed by atoms with E-state index in [0.29, 0.717) is 6.04 Å². The Hall–Kier alpha value is -2.39. The average Bonchev–Trinajstić information content (AvgIpc) is 2.64. The number of hydrogen-bond donors (Lipinski definition) is 2. The lowest BCUT2D eigenvalue weighted by molar-refractivity contribution is -0.914. The van der Waals surface area contributed by atoms with Crippen LogP contribution in [-0.2, 0) is 17.6 Å². The van der Waals surface area contributed by atoms with E-state index in [-0.39, 0.29) is 5.91 Å². The SMILES string of the molecule is C/C=C(\C)C(=O)Nc1ccccc1C[C@H]1c2ccccc2CC[NH+]1C. The summed E-state index contributed by atoms with van der Waals surface area (Å²) in [5.74, 6) is -0.0281. The van der Waals surface area contributed by atoms with Crippen molar-refractivity contribution in [3.05, 3.63) is 76.9 Å². The molecular weight excluding hydrogens is 308 g/mol. The monoisotopic (exact) mass is 335 g/mol. The summed E-state index contributed by atoms with van der Waals surface area (Å²) in [4.78, 5) is 13.8. The highest BCUT2D eigenvalue weighted by molar-refractivity contribution is 6.03. The summed E-state index contributed by atoms with van der Waals surface area (Å²) in [7, 11) is 2.27. The third kappa shape index (κ3) is 3.83. The Morgan fingerprint density at radius 3 is 2.72 bits per heavy atom. The number of benzene rings is 2. The highest BCUT2D eigenvalue weighted by Crippen LogP contribution is 2.26. The van der Waals surface area contributed by atoms with Gasteiger partial charge in [-0.25, -0.2) is 0 Å². The van der Waals surface area contributed by atoms with Crippen LogP contribution in [-0.4, -0.2) is 19.5 Å². The molecule has 0 saturated carbocycles. The number of carbonyl (C=O) groups excluding carboxylic acids is 1. The van der Waals surface area contributed by atoms with Crippen LogP contribution in [0, 0.1) is 0 Å². The number of likely N-dealkylation sites (N-methyl/N-ethyl adjacent to an activating group) is 1. The van der Waals surface area contributed by atoms with Gasteiger partial charge in [0.15, 0.2) is 0 Å². The molecule has 130 valence electrons. The van der Waals surface area contributed by atoms with Gasteiger partial charge in [0, 0.05) is 29.7 Å². The third-order valence-corrected chi connectivity index (χ3v) is 5.29. The molecule has 2 aromatic rings. The van der Waals surface area contributed by atoms with E-state index in [2.05, 4.69) is 48.8 Å². The van der Waals surface area contributed by atoms with Gasteiger partial charge in [-0.1, -0.05) is 48.5 Å². The number of anilines is 1. The first-order valence-corrected chi connectivity index (χ1v) is 9.02. The van der Waals surface area contributed by atoms with Gasteiger partial charge in [-0.2, -0.15) is 0 Å². The molecule has 2 aromatic carbocycles. The van der Waals surface area contributed by atoms with Gasteiger partial charge in [-0.3, -0.25) is 4.79 Å². The van der Waals surface area contributed by atoms with Gasteiger partial charge < -0.3 is 10.2 Å². The Labute approximate surface area is 150 Å². The van der Waals surface area contributed by atoms with Crippen molar-refractivity contribution < 1.29 is 9.69 Å². The summed E-state index contributed by atoms with van der Waals surface area (Å²) in [6.45, 7) is 4.87. The zero-order chi connectivity index (χ0) is 17.8. The van der Waals surface area contributed by atoms with Gasteiger partial charge in [-0.15, -0.1) is 0 Å². The normalized spacial score (nSPS) is 20.0. The average molecular weight is 335 g/mol. The maximum absolute atomic E-state index is 12.3. The fourth-order valence-corrected chi connectivity index (χ4v) is 3.55. The predicted molar refractivity (Wildman–Crippen MR) is 103 cm³/mol. The molecule has 0 aliphatic carbocycles. The van der Waals surface area contributed by atoms with E-state index in [1.54, 1.807) is 0 Å². The first-order valence-electron chi connectivity index (χ1n) is 9.02. The van der Waals surface area contributed by atoms with Crippen molar-refractivity contribution in [3.8, 4) is 0 Å². The fraction of sp³-hybridized carbons (Fsp3) is 0.318. The van der Waals surface area contributed by atoms with Crippen LogP contribution in [0.25, 0.3) is 0 Å². The van der Waals surface area contributed by atoms with Crippen LogP contribution in [0.4, 0.5) is 5.69 Å². The van der Waals surface area contributed by atoms with E-state index in [1.807, 2.05) is 32.1 Å². The highest BCUT2D eigenvalue weighted by Gasteiger charge is 2.28. The summed E-state index contributed by atoms with van der Waals surface area (Å²) in [5.41, 5.74) is 5.76. The van der Waals surface area contributed by atoms with Gasteiger partial charge >= 0.3 is 0 Å². The van der Waals surface area contributed by atoms with E-state index in [4.69, 9.17) is 0 Å². The molecule has 1 unspecified atom stereocenters. The second-order valence-electron chi connectivity index (χ2n) is 6.88. The molecule has 0 radical (unpaired) electrons. The Kier molecular flexibility index (Phi) is 5.34. The molecule has 1 heterocycles. The number of carbonyl (C=O) groups is 1. The molecule has 1 aliphatic heterocycles. The first kappa shape index (κ1) is 17.4. The van der Waals surface area contributed by atoms with Crippen LogP contribution >= 0.6 is 0 Å². The molecule has 2 N–H and O–H groups in total. The van der Waals surface area contributed by atoms with Crippen molar-refractivity contribution in [2.75, 3.05) is 18.9 Å². The van der Waals surface area contributed by atoms with Crippen molar-refractivity contribution in [3.63, 3.8) is 0 Å². The molecular formula is C22H27N2O+. The highest BCUT2D eigenvalue weighted by atomic mass is 16.1. The largest absolute Gasteiger partial charge is 0.331 e. The maximum atomic E-state index is 12.3. The minimum Gasteiger partial charge on any atom is -0.331 e. The summed E-state index contributed by atoms with van der Waals surface area (Å²) < 4.78 is 0. The lowest BCUT2D eigenvalue weighted by Gasteiger charge is -2.32. The number of quaternary nitrogens is 1. The summed E-state index contributed by atoms with van der Waals surface area (Å²) in [5, 5.41) is 3.07. The molecule has 3 nitrogen and oxygen atoms in total. The van der Waals surface area contributed by atoms with E-state index < -0.39 is 0 Å². The Balaban J connectivity index is 1.88. The predicted octanol–water partition coefficient (Wildman–Crippen LogP) is 2.95. The van der Waals surface area contributed by atoms with Crippen molar-refractivity contribution >= 4 is 11.6 Å². The van der Waals surface area contributed by atoms with Gasteiger partial charge in [0.2, 0.25) is 0 Å². The van der Waals surface area contributed by atoms with Crippen LogP contribution in [0.1, 0.15) is 36.6 Å². The van der Waals surface area contributed by atoms with Crippen LogP contribution in [0.2, 0.25) is 0 Å². The smallest absolute Gasteiger partial charge is 0.250 e. The summed E-state index contributed by atoms with van der Waals surface area (Å²) in [6.07, 6.45) is 3.90. The Morgan fingerprint density at radius 2 is 1.92 bits per heavy atom. The molecule has 0 bridgehead atoms. The minimum atomic E-state index is -0.0281. The number of para-hydroxylation sites is 1. The number of nitrogens with one attached hydrogen (secondary N) is 2. The maximum Gasteiger partial charge on any atom is 0.250 e. The molecule has 0 aromatic heterocycles. The molecule has 1 aliphatic rings. The lowest BCUT2D eigenvalue weighted by Crippen LogP contribution is -3.10. The van der Waals surface area contributed by atoms with Gasteiger partial charge in [-0.05, 0) is 31.0 Å². The van der Waals surface area contributed by atoms with E-state index in [0.717, 1.165) is 30.6 Å². The first-order chi connectivity index (χ1) is 12.1. The molecule has 3 rings (SSSR count). The lowest BCUT2D eigenvalue weighted by atomic mass is 9.88. The van der Waals surface area contributed by atoms with E-state index in [1.165, 1.54) is 21.6 Å². The van der Waals surface area contributed by atoms with Crippen LogP contribution in [0.15, 0.2) is 60.2 Å². The number of rotatable bonds is 4. The Morgan fingerprint density at radius 1 is 1.20 bits per heavy atom. The van der Waals surface area contributed by atoms with Gasteiger partial charge in [0.1, 0.15) is 6.04 Å². The number of amides is 1. The van der Waals surface area contributed by atoms with Gasteiger partial charge in [0.05, 0.1) is 13.6 Å². The second kappa shape index (κ2) is 7.66. The molecule has 3 heteroatoms. The second-order valence-corrected chi connectivity index (χ2v) is 6.88. The third-order valence-electron chi connectivity index (χ3n) is 5.29. The topological polar surface area (TPSA) is 33.5 Å². The summed E-state index contributed by atoms with van der Waals surface area (Å²) in [6, 6.07) is 17.4. The van der Waals surface area contributed by atoms with E-state index in [9.17, 15) is 4.79 Å². The van der Waals surface area contributed by atoms with Crippen molar-refractivity contribution in [2.45, 2.75) is 32.7 Å². The number of hydrogen-bond acceptors (Lipinski definition) is 1. The molecule has 0 fully saturated rings. The standard InChI is InChI=1S/C22H26N2O/c1-4-16(2)22(25)23-20-12-8-6-10-18(20)15-21-19-11-7-5-9-17(19)13-14-24(21)3/h4-12,21H,13-15H2,1-3H3,(H,23,25)/p+1/b16-4+/t21-/m0/s1. The van der Waals surface area contributed by atoms with Crippen molar-refractivity contribution in [1.29, 1.82) is 0 Å². The van der Waals surface area contributed by atoms with E-state index >= 15 is 0 Å².